The van der Waals surface area contributed by atoms with Gasteiger partial charge in [0.05, 0.1) is 17.9 Å². The van der Waals surface area contributed by atoms with Crippen LogP contribution in [0.3, 0.4) is 0 Å². The third-order valence-electron chi connectivity index (χ3n) is 7.51. The van der Waals surface area contributed by atoms with E-state index in [0.717, 1.165) is 48.6 Å². The zero-order chi connectivity index (χ0) is 27.6. The van der Waals surface area contributed by atoms with Gasteiger partial charge in [0.15, 0.2) is 5.82 Å². The third-order valence-corrected chi connectivity index (χ3v) is 7.51. The Morgan fingerprint density at radius 2 is 1.85 bits per heavy atom. The molecule has 1 aromatic carbocycles. The van der Waals surface area contributed by atoms with Crippen molar-refractivity contribution in [2.75, 3.05) is 35.2 Å². The van der Waals surface area contributed by atoms with Crippen LogP contribution in [0.5, 0.6) is 5.75 Å². The average Bonchev–Trinajstić information content (AvgIpc) is 3.09. The summed E-state index contributed by atoms with van der Waals surface area (Å²) in [5.74, 6) is 7.19. The van der Waals surface area contributed by atoms with Crippen LogP contribution in [0.2, 0.25) is 0 Å². The van der Waals surface area contributed by atoms with Gasteiger partial charge in [-0.25, -0.2) is 4.98 Å². The van der Waals surface area contributed by atoms with Gasteiger partial charge in [-0.1, -0.05) is 18.1 Å². The summed E-state index contributed by atoms with van der Waals surface area (Å²) in [5.41, 5.74) is 11.2. The smallest absolute Gasteiger partial charge is 0.169 e. The molecule has 9 heteroatoms. The highest BCUT2D eigenvalue weighted by molar-refractivity contribution is 5.74. The van der Waals surface area contributed by atoms with Gasteiger partial charge in [-0.2, -0.15) is 0 Å². The predicted octanol–water partition coefficient (Wildman–Crippen LogP) is 4.21. The maximum atomic E-state index is 10.3. The highest BCUT2D eigenvalue weighted by Crippen LogP contribution is 2.39. The molecule has 2 atom stereocenters. The number of rotatable bonds is 4. The van der Waals surface area contributed by atoms with Gasteiger partial charge in [0.1, 0.15) is 17.2 Å². The SMILES string of the molecule is CC1=CN(CC#Cc2cc(N3C4CCC3CN(c3cc(-c5ccccc5O)nnc3N)C4)ccn2)C=CC(O)=C1. The van der Waals surface area contributed by atoms with Crippen LogP contribution in [0.15, 0.2) is 84.5 Å². The van der Waals surface area contributed by atoms with Crippen molar-refractivity contribution in [2.24, 2.45) is 0 Å². The number of aromatic hydroxyl groups is 1. The van der Waals surface area contributed by atoms with Crippen molar-refractivity contribution in [1.29, 1.82) is 0 Å². The molecule has 3 aliphatic heterocycles. The van der Waals surface area contributed by atoms with Crippen molar-refractivity contribution in [2.45, 2.75) is 31.8 Å². The molecule has 3 aliphatic rings. The summed E-state index contributed by atoms with van der Waals surface area (Å²) >= 11 is 0. The molecule has 4 N–H and O–H groups in total. The molecule has 6 rings (SSSR count). The maximum absolute atomic E-state index is 10.3. The number of anilines is 3. The van der Waals surface area contributed by atoms with Crippen LogP contribution >= 0.6 is 0 Å². The molecule has 0 radical (unpaired) electrons. The van der Waals surface area contributed by atoms with Gasteiger partial charge in [0.2, 0.25) is 0 Å². The lowest BCUT2D eigenvalue weighted by molar-refractivity contribution is 0.431. The molecule has 0 aliphatic carbocycles. The lowest BCUT2D eigenvalue weighted by Gasteiger charge is -2.43. The second kappa shape index (κ2) is 10.7. The molecule has 2 saturated heterocycles. The van der Waals surface area contributed by atoms with E-state index in [0.29, 0.717) is 35.7 Å². The van der Waals surface area contributed by atoms with Gasteiger partial charge in [-0.3, -0.25) is 0 Å². The van der Waals surface area contributed by atoms with Gasteiger partial charge < -0.3 is 30.6 Å². The largest absolute Gasteiger partial charge is 0.508 e. The fraction of sp³-hybridized carbons (Fsp3) is 0.258. The van der Waals surface area contributed by atoms with Crippen molar-refractivity contribution in [3.8, 4) is 28.8 Å². The first-order valence-corrected chi connectivity index (χ1v) is 13.4. The number of aliphatic hydroxyl groups is 1. The van der Waals surface area contributed by atoms with E-state index in [-0.39, 0.29) is 11.5 Å². The zero-order valence-corrected chi connectivity index (χ0v) is 22.3. The monoisotopic (exact) mass is 533 g/mol. The summed E-state index contributed by atoms with van der Waals surface area (Å²) < 4.78 is 0. The van der Waals surface area contributed by atoms with Crippen molar-refractivity contribution >= 4 is 17.2 Å². The summed E-state index contributed by atoms with van der Waals surface area (Å²) in [6.45, 7) is 4.05. The normalized spacial score (nSPS) is 20.0. The van der Waals surface area contributed by atoms with Crippen molar-refractivity contribution in [1.82, 2.24) is 20.1 Å². The number of nitrogens with two attached hydrogens (primary N) is 1. The summed E-state index contributed by atoms with van der Waals surface area (Å²) in [7, 11) is 0. The number of fused-ring (bicyclic) bond motifs is 2. The molecule has 40 heavy (non-hydrogen) atoms. The summed E-state index contributed by atoms with van der Waals surface area (Å²) in [6, 6.07) is 13.8. The van der Waals surface area contributed by atoms with Crippen LogP contribution in [-0.4, -0.2) is 62.0 Å². The summed E-state index contributed by atoms with van der Waals surface area (Å²) in [5, 5.41) is 28.5. The topological polar surface area (TPSA) is 115 Å². The Bertz CT molecular complexity index is 1570. The molecule has 0 spiro atoms. The van der Waals surface area contributed by atoms with Crippen LogP contribution in [0.25, 0.3) is 11.3 Å². The molecule has 0 amide bonds. The molecule has 2 unspecified atom stereocenters. The first-order valence-electron chi connectivity index (χ1n) is 13.4. The number of pyridine rings is 1. The number of hydrogen-bond donors (Lipinski definition) is 3. The fourth-order valence-corrected chi connectivity index (χ4v) is 5.75. The van der Waals surface area contributed by atoms with E-state index in [4.69, 9.17) is 5.73 Å². The lowest BCUT2D eigenvalue weighted by Crippen LogP contribution is -2.54. The number of benzene rings is 1. The van der Waals surface area contributed by atoms with E-state index < -0.39 is 0 Å². The summed E-state index contributed by atoms with van der Waals surface area (Å²) in [6.07, 6.45) is 11.1. The number of phenols is 1. The molecular formula is C31H31N7O2. The first-order chi connectivity index (χ1) is 19.4. The van der Waals surface area contributed by atoms with Crippen molar-refractivity contribution in [3.05, 3.63) is 90.2 Å². The van der Waals surface area contributed by atoms with E-state index >= 15 is 0 Å². The molecule has 0 saturated carbocycles. The second-order valence-electron chi connectivity index (χ2n) is 10.3. The zero-order valence-electron chi connectivity index (χ0n) is 22.3. The molecule has 202 valence electrons. The van der Waals surface area contributed by atoms with Crippen LogP contribution in [0, 0.1) is 11.8 Å². The second-order valence-corrected chi connectivity index (χ2v) is 10.3. The molecule has 2 bridgehead atoms. The highest BCUT2D eigenvalue weighted by atomic mass is 16.3. The van der Waals surface area contributed by atoms with Gasteiger partial charge in [-0.05, 0) is 73.7 Å². The number of nitrogens with zero attached hydrogens (tertiary/aromatic N) is 6. The van der Waals surface area contributed by atoms with Crippen molar-refractivity contribution in [3.63, 3.8) is 0 Å². The van der Waals surface area contributed by atoms with E-state index in [9.17, 15) is 10.2 Å². The van der Waals surface area contributed by atoms with E-state index in [1.807, 2.05) is 48.6 Å². The Balaban J connectivity index is 1.18. The molecule has 9 nitrogen and oxygen atoms in total. The number of hydrogen-bond acceptors (Lipinski definition) is 9. The van der Waals surface area contributed by atoms with Gasteiger partial charge >= 0.3 is 0 Å². The number of aromatic nitrogens is 3. The number of aliphatic hydroxyl groups excluding tert-OH is 1. The van der Waals surface area contributed by atoms with Crippen LogP contribution in [0.4, 0.5) is 17.2 Å². The molecule has 5 heterocycles. The van der Waals surface area contributed by atoms with E-state index in [1.165, 1.54) is 0 Å². The van der Waals surface area contributed by atoms with E-state index in [1.54, 1.807) is 24.3 Å². The predicted molar refractivity (Wildman–Crippen MR) is 156 cm³/mol. The molecule has 2 aromatic heterocycles. The summed E-state index contributed by atoms with van der Waals surface area (Å²) in [4.78, 5) is 11.2. The number of nitrogen functional groups attached to an aromatic ring is 1. The highest BCUT2D eigenvalue weighted by Gasteiger charge is 2.40. The minimum absolute atomic E-state index is 0.166. The maximum Gasteiger partial charge on any atom is 0.169 e. The Morgan fingerprint density at radius 1 is 1.05 bits per heavy atom. The van der Waals surface area contributed by atoms with Gasteiger partial charge in [0.25, 0.3) is 0 Å². The Labute approximate surface area is 233 Å². The molecule has 2 fully saturated rings. The van der Waals surface area contributed by atoms with E-state index in [2.05, 4.69) is 49.0 Å². The minimum atomic E-state index is 0.166. The van der Waals surface area contributed by atoms with Gasteiger partial charge in [0, 0.05) is 55.0 Å². The quantitative estimate of drug-likeness (QED) is 0.424. The molecular weight excluding hydrogens is 502 g/mol. The van der Waals surface area contributed by atoms with Crippen LogP contribution < -0.4 is 15.5 Å². The number of para-hydroxylation sites is 1. The van der Waals surface area contributed by atoms with Crippen LogP contribution in [0.1, 0.15) is 25.5 Å². The van der Waals surface area contributed by atoms with Crippen molar-refractivity contribution < 1.29 is 10.2 Å². The first kappa shape index (κ1) is 25.3. The minimum Gasteiger partial charge on any atom is -0.508 e. The number of piperazine rings is 1. The fourth-order valence-electron chi connectivity index (χ4n) is 5.75. The number of phenolic OH excluding ortho intramolecular Hbond substituents is 1. The third kappa shape index (κ3) is 5.16. The lowest BCUT2D eigenvalue weighted by atomic mass is 10.1. The Hall–Kier alpha value is -4.97. The standard InChI is InChI=1S/C31H31N7O2/c1-21-15-26(39)11-14-36(18-21)13-4-5-22-16-23(10-12-33-22)38-24-8-9-25(38)20-37(19-24)29-17-28(34-35-31(29)32)27-6-2-3-7-30(27)40/h2-3,6-7,10-12,14-18,24-25,39-40H,8-9,13,19-20H2,1H3,(H2,32,35). The Kier molecular flexibility index (Phi) is 6.74. The van der Waals surface area contributed by atoms with Gasteiger partial charge in [-0.15, -0.1) is 10.2 Å². The number of allylic oxidation sites excluding steroid dienone is 3. The van der Waals surface area contributed by atoms with Crippen LogP contribution in [-0.2, 0) is 0 Å². The average molecular weight is 534 g/mol. The molecule has 3 aromatic rings. The Morgan fingerprint density at radius 3 is 2.65 bits per heavy atom.